The average Bonchev–Trinajstić information content (AvgIpc) is 2.48. The van der Waals surface area contributed by atoms with Crippen LogP contribution < -0.4 is 5.32 Å². The Kier molecular flexibility index (Phi) is 5.62. The number of benzene rings is 2. The van der Waals surface area contributed by atoms with Gasteiger partial charge in [0.25, 0.3) is 0 Å². The third-order valence-electron chi connectivity index (χ3n) is 3.37. The summed E-state index contributed by atoms with van der Waals surface area (Å²) in [4.78, 5) is 12.0. The second-order valence-electron chi connectivity index (χ2n) is 5.36. The Hall–Kier alpha value is -1.36. The van der Waals surface area contributed by atoms with E-state index in [4.69, 9.17) is 11.6 Å². The van der Waals surface area contributed by atoms with E-state index < -0.39 is 5.60 Å². The first-order chi connectivity index (χ1) is 10.4. The summed E-state index contributed by atoms with van der Waals surface area (Å²) in [6, 6.07) is 14.5. The molecule has 0 saturated heterocycles. The Morgan fingerprint density at radius 1 is 1.18 bits per heavy atom. The molecule has 0 fully saturated rings. The molecule has 5 heteroatoms. The van der Waals surface area contributed by atoms with Gasteiger partial charge in [-0.2, -0.15) is 0 Å². The zero-order valence-corrected chi connectivity index (χ0v) is 14.5. The van der Waals surface area contributed by atoms with E-state index in [0.717, 1.165) is 15.6 Å². The van der Waals surface area contributed by atoms with Gasteiger partial charge in [0, 0.05) is 9.50 Å². The van der Waals surface area contributed by atoms with Crippen molar-refractivity contribution in [2.75, 3.05) is 6.54 Å². The van der Waals surface area contributed by atoms with Crippen LogP contribution in [0, 0.1) is 0 Å². The molecule has 1 atom stereocenters. The van der Waals surface area contributed by atoms with Crippen molar-refractivity contribution in [1.29, 1.82) is 0 Å². The monoisotopic (exact) mass is 381 g/mol. The summed E-state index contributed by atoms with van der Waals surface area (Å²) in [5.74, 6) is -0.139. The number of hydrogen-bond acceptors (Lipinski definition) is 2. The maximum absolute atomic E-state index is 12.0. The second-order valence-corrected chi connectivity index (χ2v) is 6.71. The molecule has 22 heavy (non-hydrogen) atoms. The van der Waals surface area contributed by atoms with Gasteiger partial charge in [0.05, 0.1) is 13.0 Å². The van der Waals surface area contributed by atoms with E-state index in [0.29, 0.717) is 5.02 Å². The number of hydrogen-bond donors (Lipinski definition) is 2. The van der Waals surface area contributed by atoms with E-state index in [9.17, 15) is 9.90 Å². The average molecular weight is 383 g/mol. The highest BCUT2D eigenvalue weighted by molar-refractivity contribution is 9.10. The second kappa shape index (κ2) is 7.27. The van der Waals surface area contributed by atoms with Crippen LogP contribution in [0.3, 0.4) is 0 Å². The van der Waals surface area contributed by atoms with Crippen LogP contribution in [0.1, 0.15) is 18.1 Å². The fourth-order valence-electron chi connectivity index (χ4n) is 2.03. The van der Waals surface area contributed by atoms with Crippen molar-refractivity contribution in [3.63, 3.8) is 0 Å². The van der Waals surface area contributed by atoms with Gasteiger partial charge >= 0.3 is 0 Å². The van der Waals surface area contributed by atoms with Gasteiger partial charge in [0.15, 0.2) is 0 Å². The third-order valence-corrected chi connectivity index (χ3v) is 4.15. The molecule has 0 aliphatic rings. The van der Waals surface area contributed by atoms with E-state index in [-0.39, 0.29) is 18.9 Å². The van der Waals surface area contributed by atoms with Crippen molar-refractivity contribution in [3.8, 4) is 0 Å². The minimum absolute atomic E-state index is 0.139. The normalized spacial score (nSPS) is 13.5. The van der Waals surface area contributed by atoms with Crippen LogP contribution >= 0.6 is 27.5 Å². The molecule has 0 aromatic heterocycles. The summed E-state index contributed by atoms with van der Waals surface area (Å²) in [5.41, 5.74) is 0.517. The van der Waals surface area contributed by atoms with Crippen LogP contribution in [-0.4, -0.2) is 17.6 Å². The van der Waals surface area contributed by atoms with Crippen molar-refractivity contribution in [3.05, 3.63) is 69.2 Å². The molecule has 0 aliphatic carbocycles. The molecule has 0 aliphatic heterocycles. The molecule has 1 amide bonds. The van der Waals surface area contributed by atoms with Gasteiger partial charge in [0.2, 0.25) is 5.91 Å². The topological polar surface area (TPSA) is 49.3 Å². The molecular formula is C17H17BrClNO2. The largest absolute Gasteiger partial charge is 0.384 e. The van der Waals surface area contributed by atoms with Crippen molar-refractivity contribution >= 4 is 33.4 Å². The van der Waals surface area contributed by atoms with Gasteiger partial charge < -0.3 is 10.4 Å². The third kappa shape index (κ3) is 4.83. The Balaban J connectivity index is 1.92. The molecule has 3 nitrogen and oxygen atoms in total. The summed E-state index contributed by atoms with van der Waals surface area (Å²) < 4.78 is 0.943. The molecular weight excluding hydrogens is 366 g/mol. The first kappa shape index (κ1) is 17.0. The Bertz CT molecular complexity index is 639. The van der Waals surface area contributed by atoms with Gasteiger partial charge in [-0.15, -0.1) is 0 Å². The molecule has 0 radical (unpaired) electrons. The minimum Gasteiger partial charge on any atom is -0.384 e. The van der Waals surface area contributed by atoms with Gasteiger partial charge in [-0.1, -0.05) is 51.8 Å². The van der Waals surface area contributed by atoms with Crippen molar-refractivity contribution in [1.82, 2.24) is 5.32 Å². The van der Waals surface area contributed by atoms with Crippen LogP contribution in [-0.2, 0) is 16.8 Å². The summed E-state index contributed by atoms with van der Waals surface area (Å²) in [6.45, 7) is 1.83. The van der Waals surface area contributed by atoms with Crippen molar-refractivity contribution < 1.29 is 9.90 Å². The predicted molar refractivity (Wildman–Crippen MR) is 91.9 cm³/mol. The lowest BCUT2D eigenvalue weighted by Crippen LogP contribution is -2.39. The number of amides is 1. The molecule has 0 saturated carbocycles. The van der Waals surface area contributed by atoms with Gasteiger partial charge in [-0.3, -0.25) is 4.79 Å². The van der Waals surface area contributed by atoms with E-state index in [1.54, 1.807) is 19.1 Å². The van der Waals surface area contributed by atoms with Crippen molar-refractivity contribution in [2.24, 2.45) is 0 Å². The minimum atomic E-state index is -1.11. The summed E-state index contributed by atoms with van der Waals surface area (Å²) >= 11 is 9.17. The molecule has 2 N–H and O–H groups in total. The first-order valence-electron chi connectivity index (χ1n) is 6.86. The standard InChI is InChI=1S/C17H17BrClNO2/c1-17(22,13-4-6-14(18)7-5-13)11-20-16(21)10-12-2-8-15(19)9-3-12/h2-9,22H,10-11H2,1H3,(H,20,21). The number of halogens is 2. The quantitative estimate of drug-likeness (QED) is 0.829. The lowest BCUT2D eigenvalue weighted by molar-refractivity contribution is -0.121. The number of carbonyl (C=O) groups is 1. The summed E-state index contributed by atoms with van der Waals surface area (Å²) in [7, 11) is 0. The molecule has 0 spiro atoms. The predicted octanol–water partition coefficient (Wildman–Crippen LogP) is 3.67. The molecule has 2 rings (SSSR count). The SMILES string of the molecule is CC(O)(CNC(=O)Cc1ccc(Cl)cc1)c1ccc(Br)cc1. The maximum Gasteiger partial charge on any atom is 0.224 e. The highest BCUT2D eigenvalue weighted by Crippen LogP contribution is 2.22. The van der Waals surface area contributed by atoms with Crippen LogP contribution in [0.25, 0.3) is 0 Å². The van der Waals surface area contributed by atoms with Gasteiger partial charge in [-0.05, 0) is 42.3 Å². The fraction of sp³-hybridized carbons (Fsp3) is 0.235. The molecule has 116 valence electrons. The zero-order valence-electron chi connectivity index (χ0n) is 12.1. The molecule has 0 heterocycles. The van der Waals surface area contributed by atoms with Crippen LogP contribution in [0.15, 0.2) is 53.0 Å². The van der Waals surface area contributed by atoms with Gasteiger partial charge in [-0.25, -0.2) is 0 Å². The number of carbonyl (C=O) groups excluding carboxylic acids is 1. The smallest absolute Gasteiger partial charge is 0.224 e. The fourth-order valence-corrected chi connectivity index (χ4v) is 2.42. The van der Waals surface area contributed by atoms with E-state index in [1.165, 1.54) is 0 Å². The van der Waals surface area contributed by atoms with Crippen LogP contribution in [0.4, 0.5) is 0 Å². The van der Waals surface area contributed by atoms with Crippen LogP contribution in [0.2, 0.25) is 5.02 Å². The van der Waals surface area contributed by atoms with Crippen LogP contribution in [0.5, 0.6) is 0 Å². The Morgan fingerprint density at radius 3 is 2.36 bits per heavy atom. The van der Waals surface area contributed by atoms with E-state index in [1.807, 2.05) is 36.4 Å². The Morgan fingerprint density at radius 2 is 1.77 bits per heavy atom. The summed E-state index contributed by atoms with van der Waals surface area (Å²) in [6.07, 6.45) is 0.258. The molecule has 2 aromatic carbocycles. The van der Waals surface area contributed by atoms with E-state index >= 15 is 0 Å². The first-order valence-corrected chi connectivity index (χ1v) is 8.03. The molecule has 1 unspecified atom stereocenters. The lowest BCUT2D eigenvalue weighted by atomic mass is 9.96. The van der Waals surface area contributed by atoms with Gasteiger partial charge in [0.1, 0.15) is 5.60 Å². The number of nitrogens with one attached hydrogen (secondary N) is 1. The zero-order chi connectivity index (χ0) is 16.2. The van der Waals surface area contributed by atoms with Crippen molar-refractivity contribution in [2.45, 2.75) is 18.9 Å². The highest BCUT2D eigenvalue weighted by atomic mass is 79.9. The summed E-state index contributed by atoms with van der Waals surface area (Å²) in [5, 5.41) is 13.9. The Labute approximate surface area is 143 Å². The number of rotatable bonds is 5. The van der Waals surface area contributed by atoms with E-state index in [2.05, 4.69) is 21.2 Å². The molecule has 0 bridgehead atoms. The number of aliphatic hydroxyl groups is 1. The lowest BCUT2D eigenvalue weighted by Gasteiger charge is -2.24. The molecule has 2 aromatic rings. The highest BCUT2D eigenvalue weighted by Gasteiger charge is 2.23. The maximum atomic E-state index is 12.0.